The Morgan fingerprint density at radius 3 is 0.923 bits per heavy atom. The lowest BCUT2D eigenvalue weighted by Gasteiger charge is -1.96. The summed E-state index contributed by atoms with van der Waals surface area (Å²) in [5, 5.41) is 0. The summed E-state index contributed by atoms with van der Waals surface area (Å²) in [7, 11) is 0. The highest BCUT2D eigenvalue weighted by Crippen LogP contribution is 2.05. The van der Waals surface area contributed by atoms with E-state index in [1.165, 1.54) is 44.9 Å². The van der Waals surface area contributed by atoms with Gasteiger partial charge in [0.1, 0.15) is 0 Å². The van der Waals surface area contributed by atoms with Crippen LogP contribution in [0.4, 0.5) is 0 Å². The molecular formula is C13H32. The highest BCUT2D eigenvalue weighted by Gasteiger charge is 1.85. The van der Waals surface area contributed by atoms with Crippen LogP contribution >= 0.6 is 0 Å². The van der Waals surface area contributed by atoms with Crippen LogP contribution in [0, 0.1) is 0 Å². The van der Waals surface area contributed by atoms with E-state index in [0.29, 0.717) is 0 Å². The number of hydrogen-bond acceptors (Lipinski definition) is 0. The molecule has 0 radical (unpaired) electrons. The Hall–Kier alpha value is 0. The van der Waals surface area contributed by atoms with Gasteiger partial charge in [-0.05, 0) is 0 Å². The van der Waals surface area contributed by atoms with Crippen LogP contribution < -0.4 is 0 Å². The van der Waals surface area contributed by atoms with Gasteiger partial charge in [-0.3, -0.25) is 0 Å². The molecule has 0 amide bonds. The van der Waals surface area contributed by atoms with Gasteiger partial charge in [-0.2, -0.15) is 0 Å². The monoisotopic (exact) mass is 188 g/mol. The molecule has 0 aromatic rings. The first kappa shape index (κ1) is 18.7. The SMILES string of the molecule is CC.CC.CCCCCCCCC. The van der Waals surface area contributed by atoms with Crippen molar-refractivity contribution < 1.29 is 0 Å². The van der Waals surface area contributed by atoms with Crippen LogP contribution in [0.25, 0.3) is 0 Å². The van der Waals surface area contributed by atoms with E-state index in [-0.39, 0.29) is 0 Å². The topological polar surface area (TPSA) is 0 Å². The molecule has 0 heteroatoms. The van der Waals surface area contributed by atoms with Crippen LogP contribution in [-0.2, 0) is 0 Å². The second kappa shape index (κ2) is 29.6. The smallest absolute Gasteiger partial charge is 0.0533 e. The fraction of sp³-hybridized carbons (Fsp3) is 1.00. The molecule has 0 N–H and O–H groups in total. The van der Waals surface area contributed by atoms with E-state index in [9.17, 15) is 0 Å². The molecule has 0 spiro atoms. The molecule has 0 fully saturated rings. The molecule has 0 unspecified atom stereocenters. The fourth-order valence-corrected chi connectivity index (χ4v) is 1.03. The molecule has 0 bridgehead atoms. The molecule has 0 aromatic carbocycles. The van der Waals surface area contributed by atoms with Crippen molar-refractivity contribution in [2.24, 2.45) is 0 Å². The Morgan fingerprint density at radius 2 is 0.692 bits per heavy atom. The largest absolute Gasteiger partial charge is 0.0683 e. The zero-order chi connectivity index (χ0) is 10.9. The average molecular weight is 188 g/mol. The minimum absolute atomic E-state index is 1.37. The number of rotatable bonds is 6. The van der Waals surface area contributed by atoms with E-state index >= 15 is 0 Å². The van der Waals surface area contributed by atoms with Crippen molar-refractivity contribution in [3.05, 3.63) is 0 Å². The summed E-state index contributed by atoms with van der Waals surface area (Å²) in [5.41, 5.74) is 0. The summed E-state index contributed by atoms with van der Waals surface area (Å²) in [4.78, 5) is 0. The second-order valence-electron chi connectivity index (χ2n) is 2.77. The Morgan fingerprint density at radius 1 is 0.462 bits per heavy atom. The molecule has 13 heavy (non-hydrogen) atoms. The first-order valence-electron chi connectivity index (χ1n) is 6.41. The van der Waals surface area contributed by atoms with Gasteiger partial charge < -0.3 is 0 Å². The van der Waals surface area contributed by atoms with E-state index in [1.807, 2.05) is 27.7 Å². The zero-order valence-electron chi connectivity index (χ0n) is 10.9. The predicted octanol–water partition coefficient (Wildman–Crippen LogP) is 5.81. The summed E-state index contributed by atoms with van der Waals surface area (Å²) in [6.45, 7) is 12.5. The maximum absolute atomic E-state index is 2.26. The van der Waals surface area contributed by atoms with E-state index in [4.69, 9.17) is 0 Å². The van der Waals surface area contributed by atoms with Crippen molar-refractivity contribution in [2.75, 3.05) is 0 Å². The van der Waals surface area contributed by atoms with Gasteiger partial charge in [0.2, 0.25) is 0 Å². The molecule has 0 atom stereocenters. The van der Waals surface area contributed by atoms with Crippen molar-refractivity contribution in [1.82, 2.24) is 0 Å². The lowest BCUT2D eigenvalue weighted by Crippen LogP contribution is -1.76. The first-order chi connectivity index (χ1) is 6.41. The quantitative estimate of drug-likeness (QED) is 0.461. The van der Waals surface area contributed by atoms with Gasteiger partial charge in [0.15, 0.2) is 0 Å². The van der Waals surface area contributed by atoms with Gasteiger partial charge in [-0.1, -0.05) is 86.5 Å². The van der Waals surface area contributed by atoms with Crippen LogP contribution in [0.2, 0.25) is 0 Å². The number of hydrogen-bond donors (Lipinski definition) is 0. The van der Waals surface area contributed by atoms with E-state index in [1.54, 1.807) is 0 Å². The molecule has 0 aliphatic heterocycles. The summed E-state index contributed by atoms with van der Waals surface area (Å²) in [6.07, 6.45) is 9.97. The van der Waals surface area contributed by atoms with Gasteiger partial charge in [-0.25, -0.2) is 0 Å². The summed E-state index contributed by atoms with van der Waals surface area (Å²) in [5.74, 6) is 0. The number of unbranched alkanes of at least 4 members (excludes halogenated alkanes) is 6. The summed E-state index contributed by atoms with van der Waals surface area (Å²) in [6, 6.07) is 0. The Labute approximate surface area is 87.1 Å². The van der Waals surface area contributed by atoms with Crippen LogP contribution in [0.15, 0.2) is 0 Å². The molecule has 0 aromatic heterocycles. The standard InChI is InChI=1S/C9H20.2C2H6/c1-3-5-7-9-8-6-4-2;2*1-2/h3-9H2,1-2H3;2*1-2H3. The van der Waals surface area contributed by atoms with Crippen molar-refractivity contribution in [3.8, 4) is 0 Å². The highest BCUT2D eigenvalue weighted by atomic mass is 13.9. The van der Waals surface area contributed by atoms with Gasteiger partial charge in [-0.15, -0.1) is 0 Å². The minimum atomic E-state index is 1.37. The normalized spacial score (nSPS) is 7.85. The third-order valence-corrected chi connectivity index (χ3v) is 1.71. The van der Waals surface area contributed by atoms with Crippen LogP contribution in [0.3, 0.4) is 0 Å². The molecule has 0 saturated heterocycles. The Balaban J connectivity index is -0.000000218. The molecule has 0 rings (SSSR count). The predicted molar refractivity (Wildman–Crippen MR) is 66.4 cm³/mol. The molecule has 0 saturated carbocycles. The summed E-state index contributed by atoms with van der Waals surface area (Å²) < 4.78 is 0. The lowest BCUT2D eigenvalue weighted by molar-refractivity contribution is 0.602. The minimum Gasteiger partial charge on any atom is -0.0683 e. The van der Waals surface area contributed by atoms with Gasteiger partial charge in [0.05, 0.1) is 0 Å². The maximum Gasteiger partial charge on any atom is -0.0533 e. The summed E-state index contributed by atoms with van der Waals surface area (Å²) >= 11 is 0. The first-order valence-corrected chi connectivity index (χ1v) is 6.41. The Kier molecular flexibility index (Phi) is 42.7. The lowest BCUT2D eigenvalue weighted by atomic mass is 10.1. The zero-order valence-corrected chi connectivity index (χ0v) is 10.9. The van der Waals surface area contributed by atoms with Gasteiger partial charge in [0, 0.05) is 0 Å². The molecule has 84 valence electrons. The van der Waals surface area contributed by atoms with E-state index in [0.717, 1.165) is 0 Å². The molecule has 0 nitrogen and oxygen atoms in total. The maximum atomic E-state index is 2.26. The van der Waals surface area contributed by atoms with Crippen molar-refractivity contribution in [3.63, 3.8) is 0 Å². The van der Waals surface area contributed by atoms with Crippen LogP contribution in [0.1, 0.15) is 86.5 Å². The molecule has 0 aliphatic carbocycles. The second-order valence-corrected chi connectivity index (χ2v) is 2.77. The van der Waals surface area contributed by atoms with E-state index < -0.39 is 0 Å². The van der Waals surface area contributed by atoms with E-state index in [2.05, 4.69) is 13.8 Å². The molecule has 0 aliphatic rings. The molecular weight excluding hydrogens is 156 g/mol. The molecule has 0 heterocycles. The highest BCUT2D eigenvalue weighted by molar-refractivity contribution is 4.41. The average Bonchev–Trinajstić information content (AvgIpc) is 2.24. The third kappa shape index (κ3) is 33.3. The third-order valence-electron chi connectivity index (χ3n) is 1.71. The Bertz CT molecular complexity index is 33.3. The van der Waals surface area contributed by atoms with Gasteiger partial charge in [0.25, 0.3) is 0 Å². The van der Waals surface area contributed by atoms with Crippen molar-refractivity contribution in [2.45, 2.75) is 86.5 Å². The van der Waals surface area contributed by atoms with Crippen molar-refractivity contribution in [1.29, 1.82) is 0 Å². The van der Waals surface area contributed by atoms with Crippen LogP contribution in [-0.4, -0.2) is 0 Å². The van der Waals surface area contributed by atoms with Crippen LogP contribution in [0.5, 0.6) is 0 Å². The van der Waals surface area contributed by atoms with Crippen molar-refractivity contribution >= 4 is 0 Å². The fourth-order valence-electron chi connectivity index (χ4n) is 1.03. The van der Waals surface area contributed by atoms with Gasteiger partial charge >= 0.3 is 0 Å².